The molecule has 0 aromatic heterocycles. The van der Waals surface area contributed by atoms with Crippen molar-refractivity contribution >= 4 is 23.0 Å². The lowest BCUT2D eigenvalue weighted by atomic mass is 10.2. The first-order valence-corrected chi connectivity index (χ1v) is 5.98. The van der Waals surface area contributed by atoms with Crippen LogP contribution < -0.4 is 4.74 Å². The third kappa shape index (κ3) is 3.05. The average Bonchev–Trinajstić information content (AvgIpc) is 2.37. The van der Waals surface area contributed by atoms with Gasteiger partial charge in [-0.05, 0) is 36.8 Å². The Kier molecular flexibility index (Phi) is 3.87. The Balaban J connectivity index is 2.44. The monoisotopic (exact) mass is 288 g/mol. The van der Waals surface area contributed by atoms with E-state index in [-0.39, 0.29) is 17.2 Å². The van der Waals surface area contributed by atoms with Gasteiger partial charge in [0.15, 0.2) is 5.69 Å². The highest BCUT2D eigenvalue weighted by atomic mass is 35.5. The summed E-state index contributed by atoms with van der Waals surface area (Å²) in [5, 5.41) is 11.3. The van der Waals surface area contributed by atoms with Gasteiger partial charge < -0.3 is 4.74 Å². The van der Waals surface area contributed by atoms with E-state index < -0.39 is 4.92 Å². The van der Waals surface area contributed by atoms with Crippen LogP contribution in [0.1, 0.15) is 5.56 Å². The summed E-state index contributed by atoms with van der Waals surface area (Å²) in [6.07, 6.45) is 0. The standard InChI is InChI=1S/C14H9ClN2O3/c1-9-3-4-13(17(18)19)14(5-9)20-12-7-10(15)6-11(8-12)16-2/h3-8H,1H3. The number of aryl methyl sites for hydroxylation is 1. The molecule has 0 heterocycles. The molecule has 5 nitrogen and oxygen atoms in total. The van der Waals surface area contributed by atoms with Crippen molar-refractivity contribution in [2.45, 2.75) is 6.92 Å². The molecule has 0 aliphatic heterocycles. The van der Waals surface area contributed by atoms with E-state index >= 15 is 0 Å². The molecule has 0 N–H and O–H groups in total. The number of halogens is 1. The number of ether oxygens (including phenoxy) is 1. The smallest absolute Gasteiger partial charge is 0.311 e. The number of hydrogen-bond acceptors (Lipinski definition) is 3. The van der Waals surface area contributed by atoms with Crippen LogP contribution in [0.4, 0.5) is 11.4 Å². The lowest BCUT2D eigenvalue weighted by Crippen LogP contribution is -1.94. The molecule has 20 heavy (non-hydrogen) atoms. The summed E-state index contributed by atoms with van der Waals surface area (Å²) in [4.78, 5) is 13.7. The maximum absolute atomic E-state index is 11.0. The van der Waals surface area contributed by atoms with Gasteiger partial charge in [-0.3, -0.25) is 10.1 Å². The Labute approximate surface area is 120 Å². The quantitative estimate of drug-likeness (QED) is 0.458. The van der Waals surface area contributed by atoms with Crippen molar-refractivity contribution in [2.75, 3.05) is 0 Å². The van der Waals surface area contributed by atoms with Gasteiger partial charge in [-0.15, -0.1) is 0 Å². The van der Waals surface area contributed by atoms with Crippen LogP contribution in [0.25, 0.3) is 4.85 Å². The average molecular weight is 289 g/mol. The third-order valence-electron chi connectivity index (χ3n) is 2.52. The number of rotatable bonds is 3. The molecular formula is C14H9ClN2O3. The lowest BCUT2D eigenvalue weighted by Gasteiger charge is -2.08. The fourth-order valence-electron chi connectivity index (χ4n) is 1.65. The zero-order valence-corrected chi connectivity index (χ0v) is 11.2. The second-order valence-corrected chi connectivity index (χ2v) is 4.52. The van der Waals surface area contributed by atoms with E-state index in [0.717, 1.165) is 5.56 Å². The van der Waals surface area contributed by atoms with E-state index in [1.54, 1.807) is 19.1 Å². The van der Waals surface area contributed by atoms with Crippen molar-refractivity contribution in [1.29, 1.82) is 0 Å². The molecule has 6 heteroatoms. The minimum atomic E-state index is -0.519. The van der Waals surface area contributed by atoms with E-state index in [2.05, 4.69) is 4.85 Å². The molecule has 0 amide bonds. The normalized spacial score (nSPS) is 9.85. The molecule has 0 fully saturated rings. The molecule has 2 rings (SSSR count). The van der Waals surface area contributed by atoms with Crippen molar-refractivity contribution in [1.82, 2.24) is 0 Å². The van der Waals surface area contributed by atoms with E-state index in [9.17, 15) is 10.1 Å². The topological polar surface area (TPSA) is 56.7 Å². The Morgan fingerprint density at radius 2 is 2.05 bits per heavy atom. The molecule has 0 atom stereocenters. The Morgan fingerprint density at radius 3 is 2.70 bits per heavy atom. The van der Waals surface area contributed by atoms with Crippen molar-refractivity contribution in [3.8, 4) is 11.5 Å². The van der Waals surface area contributed by atoms with Gasteiger partial charge in [-0.1, -0.05) is 17.7 Å². The maximum atomic E-state index is 11.0. The maximum Gasteiger partial charge on any atom is 0.311 e. The van der Waals surface area contributed by atoms with Gasteiger partial charge in [0.1, 0.15) is 5.75 Å². The molecule has 0 saturated carbocycles. The highest BCUT2D eigenvalue weighted by Gasteiger charge is 2.16. The largest absolute Gasteiger partial charge is 0.451 e. The van der Waals surface area contributed by atoms with Crippen LogP contribution in [-0.4, -0.2) is 4.92 Å². The highest BCUT2D eigenvalue weighted by Crippen LogP contribution is 2.35. The lowest BCUT2D eigenvalue weighted by molar-refractivity contribution is -0.385. The van der Waals surface area contributed by atoms with Crippen molar-refractivity contribution in [3.63, 3.8) is 0 Å². The van der Waals surface area contributed by atoms with Crippen molar-refractivity contribution in [3.05, 3.63) is 68.5 Å². The molecule has 0 bridgehead atoms. The first kappa shape index (κ1) is 13.8. The van der Waals surface area contributed by atoms with Gasteiger partial charge in [0.25, 0.3) is 0 Å². The fourth-order valence-corrected chi connectivity index (χ4v) is 1.87. The third-order valence-corrected chi connectivity index (χ3v) is 2.74. The van der Waals surface area contributed by atoms with Gasteiger partial charge in [0.2, 0.25) is 5.75 Å². The molecular weight excluding hydrogens is 280 g/mol. The van der Waals surface area contributed by atoms with Gasteiger partial charge in [0, 0.05) is 11.1 Å². The van der Waals surface area contributed by atoms with Crippen molar-refractivity contribution < 1.29 is 9.66 Å². The van der Waals surface area contributed by atoms with Crippen LogP contribution in [0.15, 0.2) is 36.4 Å². The predicted octanol–water partition coefficient (Wildman–Crippen LogP) is 4.90. The summed E-state index contributed by atoms with van der Waals surface area (Å²) in [7, 11) is 0. The molecule has 0 saturated heterocycles. The molecule has 2 aromatic rings. The van der Waals surface area contributed by atoms with Gasteiger partial charge in [-0.25, -0.2) is 4.85 Å². The van der Waals surface area contributed by atoms with Crippen LogP contribution >= 0.6 is 11.6 Å². The second-order valence-electron chi connectivity index (χ2n) is 4.09. The zero-order chi connectivity index (χ0) is 14.7. The Hall–Kier alpha value is -2.58. The molecule has 2 aromatic carbocycles. The highest BCUT2D eigenvalue weighted by molar-refractivity contribution is 6.31. The fraction of sp³-hybridized carbons (Fsp3) is 0.0714. The van der Waals surface area contributed by atoms with E-state index in [1.165, 1.54) is 24.3 Å². The van der Waals surface area contributed by atoms with Gasteiger partial charge in [-0.2, -0.15) is 0 Å². The van der Waals surface area contributed by atoms with Gasteiger partial charge in [0.05, 0.1) is 11.5 Å². The molecule has 0 radical (unpaired) electrons. The summed E-state index contributed by atoms with van der Waals surface area (Å²) < 4.78 is 5.51. The minimum Gasteiger partial charge on any atom is -0.451 e. The number of benzene rings is 2. The minimum absolute atomic E-state index is 0.119. The summed E-state index contributed by atoms with van der Waals surface area (Å²) in [6.45, 7) is 8.77. The van der Waals surface area contributed by atoms with E-state index in [0.29, 0.717) is 10.7 Å². The summed E-state index contributed by atoms with van der Waals surface area (Å²) in [5.41, 5.74) is 1.00. The molecule has 0 spiro atoms. The van der Waals surface area contributed by atoms with Gasteiger partial charge >= 0.3 is 5.69 Å². The van der Waals surface area contributed by atoms with Crippen LogP contribution in [-0.2, 0) is 0 Å². The molecule has 0 aliphatic carbocycles. The predicted molar refractivity (Wildman–Crippen MR) is 75.6 cm³/mol. The second kappa shape index (κ2) is 5.59. The number of nitro benzene ring substituents is 1. The SMILES string of the molecule is [C-]#[N+]c1cc(Cl)cc(Oc2cc(C)ccc2[N+](=O)[O-])c1. The van der Waals surface area contributed by atoms with Crippen molar-refractivity contribution in [2.24, 2.45) is 0 Å². The Morgan fingerprint density at radius 1 is 1.30 bits per heavy atom. The molecule has 100 valence electrons. The van der Waals surface area contributed by atoms with Crippen LogP contribution in [0.3, 0.4) is 0 Å². The van der Waals surface area contributed by atoms with E-state index in [1.807, 2.05) is 0 Å². The molecule has 0 aliphatic rings. The number of nitrogens with zero attached hydrogens (tertiary/aromatic N) is 2. The summed E-state index contributed by atoms with van der Waals surface area (Å²) in [5.74, 6) is 0.408. The number of hydrogen-bond donors (Lipinski definition) is 0. The Bertz CT molecular complexity index is 723. The van der Waals surface area contributed by atoms with E-state index in [4.69, 9.17) is 22.9 Å². The summed E-state index contributed by atoms with van der Waals surface area (Å²) in [6, 6.07) is 9.05. The van der Waals surface area contributed by atoms with Crippen LogP contribution in [0.2, 0.25) is 5.02 Å². The first-order valence-electron chi connectivity index (χ1n) is 5.60. The van der Waals surface area contributed by atoms with Crippen LogP contribution in [0.5, 0.6) is 11.5 Å². The van der Waals surface area contributed by atoms with Crippen LogP contribution in [0, 0.1) is 23.6 Å². The zero-order valence-electron chi connectivity index (χ0n) is 10.5. The molecule has 0 unspecified atom stereocenters. The summed E-state index contributed by atoms with van der Waals surface area (Å²) >= 11 is 5.87. The number of nitro groups is 1. The first-order chi connectivity index (χ1) is 9.49.